The van der Waals surface area contributed by atoms with Crippen LogP contribution in [0.15, 0.2) is 27.6 Å². The molecule has 0 radical (unpaired) electrons. The van der Waals surface area contributed by atoms with E-state index in [0.717, 1.165) is 12.8 Å². The first-order chi connectivity index (χ1) is 9.39. The standard InChI is InChI=1S/C13H16BrFN2O2S/c14-8-1-4-13(12(15)5-8)20(18,19)17-10-2-3-11(17)7-9(16)6-10/h1,4-5,9-11H,2-3,6-7,16H2. The zero-order valence-corrected chi connectivity index (χ0v) is 13.2. The lowest BCUT2D eigenvalue weighted by Gasteiger charge is -2.36. The minimum atomic E-state index is -3.79. The lowest BCUT2D eigenvalue weighted by atomic mass is 10.0. The Balaban J connectivity index is 2.01. The van der Waals surface area contributed by atoms with Gasteiger partial charge in [0.05, 0.1) is 0 Å². The van der Waals surface area contributed by atoms with Gasteiger partial charge in [0.2, 0.25) is 10.0 Å². The topological polar surface area (TPSA) is 63.4 Å². The van der Waals surface area contributed by atoms with Crippen LogP contribution < -0.4 is 5.73 Å². The van der Waals surface area contributed by atoms with E-state index in [1.165, 1.54) is 16.4 Å². The van der Waals surface area contributed by atoms with Crippen molar-refractivity contribution in [3.63, 3.8) is 0 Å². The molecule has 2 aliphatic rings. The fourth-order valence-corrected chi connectivity index (χ4v) is 5.64. The van der Waals surface area contributed by atoms with Gasteiger partial charge in [0.15, 0.2) is 0 Å². The van der Waals surface area contributed by atoms with Crippen molar-refractivity contribution in [2.75, 3.05) is 0 Å². The third-order valence-corrected chi connectivity index (χ3v) is 6.68. The molecule has 0 aromatic heterocycles. The minimum Gasteiger partial charge on any atom is -0.328 e. The molecule has 2 atom stereocenters. The molecule has 3 rings (SSSR count). The normalized spacial score (nSPS) is 30.6. The summed E-state index contributed by atoms with van der Waals surface area (Å²) < 4.78 is 41.4. The Bertz CT molecular complexity index is 623. The van der Waals surface area contributed by atoms with Crippen LogP contribution in [0.2, 0.25) is 0 Å². The number of rotatable bonds is 2. The van der Waals surface area contributed by atoms with Gasteiger partial charge in [-0.05, 0) is 43.9 Å². The molecule has 7 heteroatoms. The highest BCUT2D eigenvalue weighted by Crippen LogP contribution is 2.39. The fraction of sp³-hybridized carbons (Fsp3) is 0.538. The van der Waals surface area contributed by atoms with Gasteiger partial charge in [-0.1, -0.05) is 15.9 Å². The van der Waals surface area contributed by atoms with E-state index in [9.17, 15) is 12.8 Å². The summed E-state index contributed by atoms with van der Waals surface area (Å²) >= 11 is 3.14. The first kappa shape index (κ1) is 14.4. The van der Waals surface area contributed by atoms with Crippen LogP contribution in [-0.4, -0.2) is 30.8 Å². The summed E-state index contributed by atoms with van der Waals surface area (Å²) in [5, 5.41) is 0. The molecule has 110 valence electrons. The zero-order valence-electron chi connectivity index (χ0n) is 10.8. The molecule has 0 saturated carbocycles. The fourth-order valence-electron chi connectivity index (χ4n) is 3.37. The molecule has 2 bridgehead atoms. The second-order valence-corrected chi connectivity index (χ2v) is 8.25. The smallest absolute Gasteiger partial charge is 0.246 e. The summed E-state index contributed by atoms with van der Waals surface area (Å²) in [6, 6.07) is 3.93. The van der Waals surface area contributed by atoms with Crippen LogP contribution in [0.4, 0.5) is 4.39 Å². The highest BCUT2D eigenvalue weighted by molar-refractivity contribution is 9.10. The Morgan fingerprint density at radius 1 is 1.25 bits per heavy atom. The van der Waals surface area contributed by atoms with Gasteiger partial charge in [-0.15, -0.1) is 0 Å². The molecule has 2 unspecified atom stereocenters. The molecular formula is C13H16BrFN2O2S. The first-order valence-corrected chi connectivity index (χ1v) is 8.87. The summed E-state index contributed by atoms with van der Waals surface area (Å²) in [4.78, 5) is -0.243. The average molecular weight is 363 g/mol. The van der Waals surface area contributed by atoms with E-state index in [0.29, 0.717) is 17.3 Å². The zero-order chi connectivity index (χ0) is 14.5. The van der Waals surface area contributed by atoms with Gasteiger partial charge in [0.25, 0.3) is 0 Å². The number of benzene rings is 1. The maximum atomic E-state index is 14.0. The van der Waals surface area contributed by atoms with Gasteiger partial charge in [-0.3, -0.25) is 0 Å². The van der Waals surface area contributed by atoms with Crippen molar-refractivity contribution in [3.8, 4) is 0 Å². The number of hydrogen-bond donors (Lipinski definition) is 1. The van der Waals surface area contributed by atoms with Gasteiger partial charge in [-0.25, -0.2) is 12.8 Å². The van der Waals surface area contributed by atoms with Crippen LogP contribution in [0, 0.1) is 5.82 Å². The molecular weight excluding hydrogens is 347 g/mol. The Morgan fingerprint density at radius 3 is 2.40 bits per heavy atom. The molecule has 2 fully saturated rings. The van der Waals surface area contributed by atoms with Crippen LogP contribution in [0.1, 0.15) is 25.7 Å². The monoisotopic (exact) mass is 362 g/mol. The quantitative estimate of drug-likeness (QED) is 0.877. The van der Waals surface area contributed by atoms with E-state index in [4.69, 9.17) is 5.73 Å². The van der Waals surface area contributed by atoms with Crippen molar-refractivity contribution in [3.05, 3.63) is 28.5 Å². The highest BCUT2D eigenvalue weighted by atomic mass is 79.9. The molecule has 2 aliphatic heterocycles. The van der Waals surface area contributed by atoms with Crippen molar-refractivity contribution in [1.29, 1.82) is 0 Å². The van der Waals surface area contributed by atoms with Crippen LogP contribution in [0.3, 0.4) is 0 Å². The number of sulfonamides is 1. The maximum absolute atomic E-state index is 14.0. The van der Waals surface area contributed by atoms with E-state index in [2.05, 4.69) is 15.9 Å². The van der Waals surface area contributed by atoms with Crippen LogP contribution >= 0.6 is 15.9 Å². The predicted octanol–water partition coefficient (Wildman–Crippen LogP) is 2.23. The number of nitrogens with zero attached hydrogens (tertiary/aromatic N) is 1. The SMILES string of the molecule is NC1CC2CCC(C1)N2S(=O)(=O)c1ccc(Br)cc1F. The van der Waals surface area contributed by atoms with Crippen molar-refractivity contribution in [2.45, 2.75) is 48.7 Å². The molecule has 0 aliphatic carbocycles. The van der Waals surface area contributed by atoms with Gasteiger partial charge < -0.3 is 5.73 Å². The second-order valence-electron chi connectivity index (χ2n) is 5.53. The van der Waals surface area contributed by atoms with Crippen molar-refractivity contribution < 1.29 is 12.8 Å². The average Bonchev–Trinajstić information content (AvgIpc) is 2.62. The van der Waals surface area contributed by atoms with Gasteiger partial charge >= 0.3 is 0 Å². The van der Waals surface area contributed by atoms with Crippen molar-refractivity contribution in [1.82, 2.24) is 4.31 Å². The van der Waals surface area contributed by atoms with Gasteiger partial charge in [0.1, 0.15) is 10.7 Å². The Labute approximate surface area is 126 Å². The Morgan fingerprint density at radius 2 is 1.85 bits per heavy atom. The van der Waals surface area contributed by atoms with Gasteiger partial charge in [-0.2, -0.15) is 4.31 Å². The number of hydrogen-bond acceptors (Lipinski definition) is 3. The maximum Gasteiger partial charge on any atom is 0.246 e. The largest absolute Gasteiger partial charge is 0.328 e. The van der Waals surface area contributed by atoms with Crippen LogP contribution in [0.5, 0.6) is 0 Å². The van der Waals surface area contributed by atoms with E-state index >= 15 is 0 Å². The van der Waals surface area contributed by atoms with Crippen LogP contribution in [-0.2, 0) is 10.0 Å². The molecule has 2 N–H and O–H groups in total. The Hall–Kier alpha value is -0.500. The first-order valence-electron chi connectivity index (χ1n) is 6.64. The molecule has 2 heterocycles. The lowest BCUT2D eigenvalue weighted by Crippen LogP contribution is -2.50. The molecule has 1 aromatic rings. The van der Waals surface area contributed by atoms with E-state index < -0.39 is 15.8 Å². The minimum absolute atomic E-state index is 0.0497. The van der Waals surface area contributed by atoms with Crippen molar-refractivity contribution >= 4 is 26.0 Å². The predicted molar refractivity (Wildman–Crippen MR) is 77.1 cm³/mol. The second kappa shape index (κ2) is 5.05. The molecule has 2 saturated heterocycles. The summed E-state index contributed by atoms with van der Waals surface area (Å²) in [6.07, 6.45) is 2.95. The number of piperidine rings is 1. The third-order valence-electron chi connectivity index (χ3n) is 4.15. The summed E-state index contributed by atoms with van der Waals surface area (Å²) in [7, 11) is -3.79. The van der Waals surface area contributed by atoms with E-state index in [1.807, 2.05) is 0 Å². The molecule has 0 spiro atoms. The summed E-state index contributed by atoms with van der Waals surface area (Å²) in [5.74, 6) is -0.714. The molecule has 1 aromatic carbocycles. The number of fused-ring (bicyclic) bond motifs is 2. The van der Waals surface area contributed by atoms with Crippen LogP contribution in [0.25, 0.3) is 0 Å². The van der Waals surface area contributed by atoms with Crippen molar-refractivity contribution in [2.24, 2.45) is 5.73 Å². The highest BCUT2D eigenvalue weighted by Gasteiger charge is 2.47. The molecule has 20 heavy (non-hydrogen) atoms. The lowest BCUT2D eigenvalue weighted by molar-refractivity contribution is 0.226. The summed E-state index contributed by atoms with van der Waals surface area (Å²) in [5.41, 5.74) is 5.95. The third kappa shape index (κ3) is 2.30. The van der Waals surface area contributed by atoms with E-state index in [-0.39, 0.29) is 23.0 Å². The molecule has 4 nitrogen and oxygen atoms in total. The summed E-state index contributed by atoms with van der Waals surface area (Å²) in [6.45, 7) is 0. The number of nitrogens with two attached hydrogens (primary N) is 1. The Kier molecular flexibility index (Phi) is 3.64. The molecule has 0 amide bonds. The number of halogens is 2. The van der Waals surface area contributed by atoms with E-state index in [1.54, 1.807) is 6.07 Å². The van der Waals surface area contributed by atoms with Gasteiger partial charge in [0, 0.05) is 22.6 Å².